The monoisotopic (exact) mass is 368 g/mol. The molecule has 2 rings (SSSR count). The number of rotatable bonds is 3. The molecule has 1 amide bonds. The Labute approximate surface area is 125 Å². The van der Waals surface area contributed by atoms with Crippen molar-refractivity contribution in [2.75, 3.05) is 12.4 Å². The van der Waals surface area contributed by atoms with Crippen molar-refractivity contribution in [2.45, 2.75) is 6.92 Å². The van der Waals surface area contributed by atoms with Crippen LogP contribution in [0.4, 0.5) is 5.82 Å². The molecule has 0 spiro atoms. The zero-order chi connectivity index (χ0) is 13.8. The van der Waals surface area contributed by atoms with E-state index < -0.39 is 0 Å². The molecule has 2 aromatic rings. The summed E-state index contributed by atoms with van der Waals surface area (Å²) in [4.78, 5) is 16.4. The number of amides is 1. The molecule has 0 bridgehead atoms. The first-order valence-corrected chi connectivity index (χ1v) is 6.76. The van der Waals surface area contributed by atoms with Gasteiger partial charge in [-0.1, -0.05) is 12.1 Å². The largest absolute Gasteiger partial charge is 0.496 e. The molecule has 0 aliphatic heterocycles. The number of methoxy groups -OCH3 is 1. The Bertz CT molecular complexity index is 614. The number of benzene rings is 1. The molecule has 5 heteroatoms. The summed E-state index contributed by atoms with van der Waals surface area (Å²) >= 11 is 2.18. The Kier molecular flexibility index (Phi) is 4.36. The summed E-state index contributed by atoms with van der Waals surface area (Å²) in [6.07, 6.45) is 1.71. The summed E-state index contributed by atoms with van der Waals surface area (Å²) in [7, 11) is 1.54. The third-order valence-electron chi connectivity index (χ3n) is 2.63. The van der Waals surface area contributed by atoms with Gasteiger partial charge in [0.2, 0.25) is 0 Å². The summed E-state index contributed by atoms with van der Waals surface area (Å²) < 4.78 is 6.20. The molecule has 98 valence electrons. The van der Waals surface area contributed by atoms with Gasteiger partial charge in [-0.2, -0.15) is 0 Å². The van der Waals surface area contributed by atoms with Crippen LogP contribution in [0.15, 0.2) is 36.5 Å². The molecule has 19 heavy (non-hydrogen) atoms. The number of hydrogen-bond donors (Lipinski definition) is 1. The van der Waals surface area contributed by atoms with E-state index in [1.807, 2.05) is 19.1 Å². The van der Waals surface area contributed by atoms with Crippen molar-refractivity contribution in [2.24, 2.45) is 0 Å². The summed E-state index contributed by atoms with van der Waals surface area (Å²) in [5, 5.41) is 2.80. The number of ether oxygens (including phenoxy) is 1. The number of carbonyl (C=O) groups is 1. The normalized spacial score (nSPS) is 10.1. The lowest BCUT2D eigenvalue weighted by molar-refractivity contribution is 0.102. The summed E-state index contributed by atoms with van der Waals surface area (Å²) in [6, 6.07) is 9.06. The van der Waals surface area contributed by atoms with Gasteiger partial charge in [-0.3, -0.25) is 4.79 Å². The molecule has 0 atom stereocenters. The lowest BCUT2D eigenvalue weighted by atomic mass is 10.2. The molecule has 0 saturated heterocycles. The maximum atomic E-state index is 12.2. The molecular weight excluding hydrogens is 355 g/mol. The number of aromatic nitrogens is 1. The van der Waals surface area contributed by atoms with Crippen molar-refractivity contribution in [3.05, 3.63) is 51.2 Å². The number of pyridine rings is 1. The number of nitrogens with zero attached hydrogens (tertiary/aromatic N) is 1. The van der Waals surface area contributed by atoms with Crippen LogP contribution in [-0.2, 0) is 0 Å². The highest BCUT2D eigenvalue weighted by molar-refractivity contribution is 14.1. The first-order chi connectivity index (χ1) is 9.11. The van der Waals surface area contributed by atoms with Crippen molar-refractivity contribution >= 4 is 34.3 Å². The number of carbonyl (C=O) groups excluding carboxylic acids is 1. The van der Waals surface area contributed by atoms with Crippen LogP contribution in [0, 0.1) is 10.5 Å². The average Bonchev–Trinajstić information content (AvgIpc) is 2.41. The third kappa shape index (κ3) is 3.23. The van der Waals surface area contributed by atoms with Crippen LogP contribution in [0.3, 0.4) is 0 Å². The van der Waals surface area contributed by atoms with E-state index in [1.54, 1.807) is 31.5 Å². The third-order valence-corrected chi connectivity index (χ3v) is 3.22. The van der Waals surface area contributed by atoms with Gasteiger partial charge in [0.1, 0.15) is 11.6 Å². The lowest BCUT2D eigenvalue weighted by Crippen LogP contribution is -2.15. The number of aryl methyl sites for hydroxylation is 1. The molecule has 0 saturated carbocycles. The van der Waals surface area contributed by atoms with Gasteiger partial charge in [-0.05, 0) is 53.3 Å². The molecule has 0 radical (unpaired) electrons. The fraction of sp³-hybridized carbons (Fsp3) is 0.143. The van der Waals surface area contributed by atoms with Crippen LogP contribution in [0.25, 0.3) is 0 Å². The van der Waals surface area contributed by atoms with Crippen LogP contribution >= 0.6 is 22.6 Å². The number of para-hydroxylation sites is 1. The zero-order valence-corrected chi connectivity index (χ0v) is 12.8. The number of nitrogens with one attached hydrogen (secondary N) is 1. The van der Waals surface area contributed by atoms with Gasteiger partial charge in [0, 0.05) is 9.77 Å². The predicted molar refractivity (Wildman–Crippen MR) is 82.6 cm³/mol. The van der Waals surface area contributed by atoms with E-state index in [0.29, 0.717) is 17.1 Å². The molecule has 4 nitrogen and oxygen atoms in total. The molecular formula is C14H13IN2O2. The highest BCUT2D eigenvalue weighted by Gasteiger charge is 2.13. The Morgan fingerprint density at radius 3 is 2.79 bits per heavy atom. The Balaban J connectivity index is 2.26. The molecule has 0 fully saturated rings. The summed E-state index contributed by atoms with van der Waals surface area (Å²) in [5.41, 5.74) is 1.42. The summed E-state index contributed by atoms with van der Waals surface area (Å²) in [6.45, 7) is 1.91. The Hall–Kier alpha value is -1.63. The SMILES string of the molecule is COc1ccccc1C(=O)Nc1ncc(I)cc1C. The summed E-state index contributed by atoms with van der Waals surface area (Å²) in [5.74, 6) is 0.883. The fourth-order valence-electron chi connectivity index (χ4n) is 1.68. The first-order valence-electron chi connectivity index (χ1n) is 5.68. The number of hydrogen-bond acceptors (Lipinski definition) is 3. The highest BCUT2D eigenvalue weighted by Crippen LogP contribution is 2.20. The maximum Gasteiger partial charge on any atom is 0.260 e. The second-order valence-corrected chi connectivity index (χ2v) is 5.22. The van der Waals surface area contributed by atoms with Crippen LogP contribution in [0.2, 0.25) is 0 Å². The average molecular weight is 368 g/mol. The van der Waals surface area contributed by atoms with E-state index >= 15 is 0 Å². The molecule has 0 aliphatic rings. The van der Waals surface area contributed by atoms with Gasteiger partial charge in [-0.25, -0.2) is 4.98 Å². The lowest BCUT2D eigenvalue weighted by Gasteiger charge is -2.10. The highest BCUT2D eigenvalue weighted by atomic mass is 127. The molecule has 1 heterocycles. The fourth-order valence-corrected chi connectivity index (χ4v) is 2.28. The number of anilines is 1. The van der Waals surface area contributed by atoms with Crippen LogP contribution in [0.5, 0.6) is 5.75 Å². The van der Waals surface area contributed by atoms with E-state index in [4.69, 9.17) is 4.74 Å². The van der Waals surface area contributed by atoms with E-state index in [-0.39, 0.29) is 5.91 Å². The molecule has 1 aromatic carbocycles. The van der Waals surface area contributed by atoms with Gasteiger partial charge < -0.3 is 10.1 Å². The van der Waals surface area contributed by atoms with E-state index in [9.17, 15) is 4.79 Å². The van der Waals surface area contributed by atoms with Crippen molar-refractivity contribution in [1.29, 1.82) is 0 Å². The molecule has 1 aromatic heterocycles. The maximum absolute atomic E-state index is 12.2. The van der Waals surface area contributed by atoms with E-state index in [0.717, 1.165) is 9.13 Å². The predicted octanol–water partition coefficient (Wildman–Crippen LogP) is 3.26. The van der Waals surface area contributed by atoms with Crippen molar-refractivity contribution in [1.82, 2.24) is 4.98 Å². The molecule has 1 N–H and O–H groups in total. The van der Waals surface area contributed by atoms with Gasteiger partial charge in [0.25, 0.3) is 5.91 Å². The van der Waals surface area contributed by atoms with Crippen LogP contribution in [0.1, 0.15) is 15.9 Å². The standard InChI is InChI=1S/C14H13IN2O2/c1-9-7-10(15)8-16-13(9)17-14(18)11-5-3-4-6-12(11)19-2/h3-8H,1-2H3,(H,16,17,18). The smallest absolute Gasteiger partial charge is 0.260 e. The zero-order valence-electron chi connectivity index (χ0n) is 10.6. The Morgan fingerprint density at radius 1 is 1.37 bits per heavy atom. The van der Waals surface area contributed by atoms with Crippen LogP contribution < -0.4 is 10.1 Å². The van der Waals surface area contributed by atoms with E-state index in [1.165, 1.54) is 0 Å². The minimum absolute atomic E-state index is 0.228. The van der Waals surface area contributed by atoms with Gasteiger partial charge >= 0.3 is 0 Å². The quantitative estimate of drug-likeness (QED) is 0.847. The topological polar surface area (TPSA) is 51.2 Å². The van der Waals surface area contributed by atoms with Gasteiger partial charge in [-0.15, -0.1) is 0 Å². The van der Waals surface area contributed by atoms with Crippen molar-refractivity contribution < 1.29 is 9.53 Å². The minimum atomic E-state index is -0.228. The molecule has 0 unspecified atom stereocenters. The first kappa shape index (κ1) is 13.8. The second kappa shape index (κ2) is 6.01. The number of halogens is 1. The second-order valence-electron chi connectivity index (χ2n) is 3.97. The van der Waals surface area contributed by atoms with Gasteiger partial charge in [0.05, 0.1) is 12.7 Å². The van der Waals surface area contributed by atoms with Crippen molar-refractivity contribution in [3.8, 4) is 5.75 Å². The van der Waals surface area contributed by atoms with Crippen molar-refractivity contribution in [3.63, 3.8) is 0 Å². The Morgan fingerprint density at radius 2 is 2.11 bits per heavy atom. The van der Waals surface area contributed by atoms with Crippen LogP contribution in [-0.4, -0.2) is 18.0 Å². The van der Waals surface area contributed by atoms with E-state index in [2.05, 4.69) is 32.9 Å². The minimum Gasteiger partial charge on any atom is -0.496 e. The van der Waals surface area contributed by atoms with Gasteiger partial charge in [0.15, 0.2) is 0 Å². The molecule has 0 aliphatic carbocycles.